The van der Waals surface area contributed by atoms with Crippen molar-refractivity contribution in [1.82, 2.24) is 5.32 Å². The fourth-order valence-electron chi connectivity index (χ4n) is 2.68. The van der Waals surface area contributed by atoms with E-state index in [-0.39, 0.29) is 5.56 Å². The number of thiophene rings is 1. The van der Waals surface area contributed by atoms with Crippen molar-refractivity contribution >= 4 is 39.8 Å². The minimum atomic E-state index is -1.13. The molecule has 3 aromatic rings. The van der Waals surface area contributed by atoms with Gasteiger partial charge in [-0.05, 0) is 36.8 Å². The molecule has 0 aliphatic carbocycles. The second kappa shape index (κ2) is 8.86. The molecule has 0 saturated carbocycles. The molecule has 1 heterocycles. The Hall–Kier alpha value is -3.21. The summed E-state index contributed by atoms with van der Waals surface area (Å²) < 4.78 is 13.9. The minimum absolute atomic E-state index is 0.0878. The second-order valence-electron chi connectivity index (χ2n) is 6.11. The number of amides is 2. The molecule has 146 valence electrons. The Kier molecular flexibility index (Phi) is 6.27. The number of halogens is 2. The van der Waals surface area contributed by atoms with Gasteiger partial charge in [-0.3, -0.25) is 9.59 Å². The number of carbonyl (C=O) groups excluding carboxylic acids is 2. The van der Waals surface area contributed by atoms with Crippen LogP contribution < -0.4 is 10.6 Å². The summed E-state index contributed by atoms with van der Waals surface area (Å²) in [6.45, 7) is 1.71. The molecule has 0 fully saturated rings. The smallest absolute Gasteiger partial charge is 0.262 e. The molecule has 8 heteroatoms. The van der Waals surface area contributed by atoms with Gasteiger partial charge in [0.1, 0.15) is 11.9 Å². The first-order chi connectivity index (χ1) is 13.9. The number of hydrogen-bond donors (Lipinski definition) is 2. The maximum absolute atomic E-state index is 13.9. The Labute approximate surface area is 175 Å². The highest BCUT2D eigenvalue weighted by Crippen LogP contribution is 2.28. The van der Waals surface area contributed by atoms with Gasteiger partial charge in [0.2, 0.25) is 0 Å². The van der Waals surface area contributed by atoms with E-state index >= 15 is 0 Å². The SMILES string of the molecule is Cc1cc(NC(=O)c2ccccc2Cl)sc1C(=O)NC(C#N)c1ccccc1F. The number of rotatable bonds is 5. The monoisotopic (exact) mass is 427 g/mol. The summed E-state index contributed by atoms with van der Waals surface area (Å²) in [5.74, 6) is -1.50. The molecule has 2 N–H and O–H groups in total. The molecular weight excluding hydrogens is 413 g/mol. The average molecular weight is 428 g/mol. The van der Waals surface area contributed by atoms with Crippen molar-refractivity contribution in [1.29, 1.82) is 5.26 Å². The van der Waals surface area contributed by atoms with E-state index in [1.807, 2.05) is 6.07 Å². The summed E-state index contributed by atoms with van der Waals surface area (Å²) in [6, 6.07) is 14.8. The van der Waals surface area contributed by atoms with E-state index in [0.29, 0.717) is 26.0 Å². The summed E-state index contributed by atoms with van der Waals surface area (Å²) in [5, 5.41) is 15.4. The lowest BCUT2D eigenvalue weighted by molar-refractivity contribution is 0.0947. The van der Waals surface area contributed by atoms with Gasteiger partial charge < -0.3 is 10.6 Å². The van der Waals surface area contributed by atoms with Crippen molar-refractivity contribution in [2.75, 3.05) is 5.32 Å². The highest BCUT2D eigenvalue weighted by atomic mass is 35.5. The van der Waals surface area contributed by atoms with Crippen molar-refractivity contribution in [3.63, 3.8) is 0 Å². The molecule has 1 aromatic heterocycles. The quantitative estimate of drug-likeness (QED) is 0.594. The molecule has 0 aliphatic heterocycles. The first-order valence-electron chi connectivity index (χ1n) is 8.52. The summed E-state index contributed by atoms with van der Waals surface area (Å²) in [5.41, 5.74) is 1.02. The Bertz CT molecular complexity index is 1120. The molecule has 1 atom stereocenters. The number of carbonyl (C=O) groups is 2. The Balaban J connectivity index is 1.77. The number of benzene rings is 2. The van der Waals surface area contributed by atoms with Gasteiger partial charge in [-0.1, -0.05) is 41.9 Å². The lowest BCUT2D eigenvalue weighted by Gasteiger charge is -2.12. The molecule has 0 bridgehead atoms. The van der Waals surface area contributed by atoms with Crippen LogP contribution in [0.2, 0.25) is 5.02 Å². The maximum atomic E-state index is 13.9. The molecule has 1 unspecified atom stereocenters. The van der Waals surface area contributed by atoms with Crippen LogP contribution in [0.4, 0.5) is 9.39 Å². The van der Waals surface area contributed by atoms with Crippen LogP contribution in [0.15, 0.2) is 54.6 Å². The van der Waals surface area contributed by atoms with Crippen molar-refractivity contribution in [2.24, 2.45) is 0 Å². The lowest BCUT2D eigenvalue weighted by Crippen LogP contribution is -2.28. The molecule has 3 rings (SSSR count). The Morgan fingerprint density at radius 1 is 1.14 bits per heavy atom. The first-order valence-corrected chi connectivity index (χ1v) is 9.71. The maximum Gasteiger partial charge on any atom is 0.262 e. The van der Waals surface area contributed by atoms with Crippen LogP contribution in [-0.2, 0) is 0 Å². The van der Waals surface area contributed by atoms with Crippen molar-refractivity contribution < 1.29 is 14.0 Å². The van der Waals surface area contributed by atoms with Crippen molar-refractivity contribution in [2.45, 2.75) is 13.0 Å². The zero-order valence-electron chi connectivity index (χ0n) is 15.2. The number of anilines is 1. The topological polar surface area (TPSA) is 82.0 Å². The van der Waals surface area contributed by atoms with Gasteiger partial charge in [0.15, 0.2) is 0 Å². The van der Waals surface area contributed by atoms with E-state index in [0.717, 1.165) is 11.3 Å². The van der Waals surface area contributed by atoms with E-state index in [9.17, 15) is 19.2 Å². The molecule has 5 nitrogen and oxygen atoms in total. The third-order valence-electron chi connectivity index (χ3n) is 4.10. The number of nitrogens with one attached hydrogen (secondary N) is 2. The van der Waals surface area contributed by atoms with E-state index in [2.05, 4.69) is 10.6 Å². The Morgan fingerprint density at radius 2 is 1.83 bits per heavy atom. The van der Waals surface area contributed by atoms with E-state index in [4.69, 9.17) is 11.6 Å². The van der Waals surface area contributed by atoms with E-state index < -0.39 is 23.7 Å². The number of nitriles is 1. The summed E-state index contributed by atoms with van der Waals surface area (Å²) >= 11 is 7.09. The van der Waals surface area contributed by atoms with Gasteiger partial charge in [-0.15, -0.1) is 11.3 Å². The van der Waals surface area contributed by atoms with Crippen LogP contribution in [0, 0.1) is 24.1 Å². The molecular formula is C21H15ClFN3O2S. The summed E-state index contributed by atoms with van der Waals surface area (Å²) in [7, 11) is 0. The van der Waals surface area contributed by atoms with Crippen LogP contribution in [0.1, 0.15) is 37.2 Å². The molecule has 0 spiro atoms. The number of nitrogens with zero attached hydrogens (tertiary/aromatic N) is 1. The fourth-order valence-corrected chi connectivity index (χ4v) is 3.87. The van der Waals surface area contributed by atoms with Crippen LogP contribution in [0.5, 0.6) is 0 Å². The molecule has 0 radical (unpaired) electrons. The van der Waals surface area contributed by atoms with Crippen LogP contribution in [0.3, 0.4) is 0 Å². The lowest BCUT2D eigenvalue weighted by atomic mass is 10.1. The second-order valence-corrected chi connectivity index (χ2v) is 7.57. The number of hydrogen-bond acceptors (Lipinski definition) is 4. The van der Waals surface area contributed by atoms with Crippen molar-refractivity contribution in [3.8, 4) is 6.07 Å². The zero-order chi connectivity index (χ0) is 21.0. The van der Waals surface area contributed by atoms with E-state index in [1.54, 1.807) is 43.3 Å². The molecule has 29 heavy (non-hydrogen) atoms. The molecule has 0 aliphatic rings. The van der Waals surface area contributed by atoms with Crippen molar-refractivity contribution in [3.05, 3.63) is 87.0 Å². The number of aryl methyl sites for hydroxylation is 1. The third-order valence-corrected chi connectivity index (χ3v) is 5.58. The van der Waals surface area contributed by atoms with Gasteiger partial charge in [0.05, 0.1) is 26.5 Å². The van der Waals surface area contributed by atoms with Gasteiger partial charge in [-0.25, -0.2) is 4.39 Å². The standard InChI is InChI=1S/C21H15ClFN3O2S/c1-12-10-18(26-20(27)13-6-2-4-8-15(13)22)29-19(12)21(28)25-17(11-24)14-7-3-5-9-16(14)23/h2-10,17H,1H3,(H,25,28)(H,26,27). The molecule has 0 saturated heterocycles. The van der Waals surface area contributed by atoms with Gasteiger partial charge in [0, 0.05) is 5.56 Å². The fraction of sp³-hybridized carbons (Fsp3) is 0.0952. The molecule has 2 aromatic carbocycles. The zero-order valence-corrected chi connectivity index (χ0v) is 16.8. The predicted octanol–water partition coefficient (Wildman–Crippen LogP) is 5.10. The van der Waals surface area contributed by atoms with Gasteiger partial charge in [-0.2, -0.15) is 5.26 Å². The highest BCUT2D eigenvalue weighted by Gasteiger charge is 2.21. The first kappa shape index (κ1) is 20.5. The summed E-state index contributed by atoms with van der Waals surface area (Å²) in [6.07, 6.45) is 0. The average Bonchev–Trinajstić information content (AvgIpc) is 3.07. The normalized spacial score (nSPS) is 11.4. The highest BCUT2D eigenvalue weighted by molar-refractivity contribution is 7.18. The van der Waals surface area contributed by atoms with Crippen LogP contribution >= 0.6 is 22.9 Å². The van der Waals surface area contributed by atoms with Gasteiger partial charge in [0.25, 0.3) is 11.8 Å². The van der Waals surface area contributed by atoms with Crippen LogP contribution in [0.25, 0.3) is 0 Å². The van der Waals surface area contributed by atoms with Crippen LogP contribution in [-0.4, -0.2) is 11.8 Å². The van der Waals surface area contributed by atoms with Gasteiger partial charge >= 0.3 is 0 Å². The predicted molar refractivity (Wildman–Crippen MR) is 111 cm³/mol. The third kappa shape index (κ3) is 4.62. The minimum Gasteiger partial charge on any atom is -0.332 e. The molecule has 2 amide bonds. The van der Waals surface area contributed by atoms with E-state index in [1.165, 1.54) is 18.2 Å². The largest absolute Gasteiger partial charge is 0.332 e. The Morgan fingerprint density at radius 3 is 2.52 bits per heavy atom. The summed E-state index contributed by atoms with van der Waals surface area (Å²) in [4.78, 5) is 25.3.